The first-order chi connectivity index (χ1) is 7.26. The molecule has 0 spiro atoms. The summed E-state index contributed by atoms with van der Waals surface area (Å²) in [5.41, 5.74) is 1.14. The third kappa shape index (κ3) is 3.86. The van der Waals surface area contributed by atoms with Crippen LogP contribution in [0.3, 0.4) is 0 Å². The Morgan fingerprint density at radius 3 is 2.67 bits per heavy atom. The molecule has 0 saturated carbocycles. The van der Waals surface area contributed by atoms with Gasteiger partial charge in [0.15, 0.2) is 0 Å². The minimum Gasteiger partial charge on any atom is -0.342 e. The van der Waals surface area contributed by atoms with Gasteiger partial charge in [-0.1, -0.05) is 43.2 Å². The van der Waals surface area contributed by atoms with Gasteiger partial charge in [0.1, 0.15) is 0 Å². The maximum atomic E-state index is 11.2. The summed E-state index contributed by atoms with van der Waals surface area (Å²) in [6, 6.07) is 9.68. The summed E-state index contributed by atoms with van der Waals surface area (Å²) in [6.07, 6.45) is 6.51. The van der Waals surface area contributed by atoms with E-state index in [1.165, 1.54) is 0 Å². The van der Waals surface area contributed by atoms with E-state index < -0.39 is 0 Å². The molecule has 1 atom stereocenters. The van der Waals surface area contributed by atoms with E-state index in [-0.39, 0.29) is 11.9 Å². The third-order valence-electron chi connectivity index (χ3n) is 2.14. The molecule has 0 aliphatic rings. The molecule has 1 aromatic rings. The predicted octanol–water partition coefficient (Wildman–Crippen LogP) is 1.76. The molecule has 0 unspecified atom stereocenters. The van der Waals surface area contributed by atoms with Crippen LogP contribution in [0.4, 0.5) is 0 Å². The normalized spacial score (nSPS) is 11.5. The van der Waals surface area contributed by atoms with E-state index in [4.69, 9.17) is 6.42 Å². The van der Waals surface area contributed by atoms with Crippen LogP contribution in [0.2, 0.25) is 0 Å². The molecule has 1 amide bonds. The molecule has 0 aromatic heterocycles. The van der Waals surface area contributed by atoms with Crippen molar-refractivity contribution in [2.45, 2.75) is 25.8 Å². The van der Waals surface area contributed by atoms with E-state index in [1.54, 1.807) is 0 Å². The Kier molecular flexibility index (Phi) is 4.43. The molecule has 2 heteroatoms. The molecule has 2 nitrogen and oxygen atoms in total. The summed E-state index contributed by atoms with van der Waals surface area (Å²) in [5, 5.41) is 2.79. The van der Waals surface area contributed by atoms with Crippen molar-refractivity contribution in [1.82, 2.24) is 5.32 Å². The number of carbonyl (C=O) groups excluding carboxylic acids is 1. The second kappa shape index (κ2) is 5.87. The van der Waals surface area contributed by atoms with Gasteiger partial charge < -0.3 is 5.32 Å². The SMILES string of the molecule is C#C[C@H](Cc1ccccc1)NC(=O)CC. The lowest BCUT2D eigenvalue weighted by molar-refractivity contribution is -0.121. The lowest BCUT2D eigenvalue weighted by atomic mass is 10.1. The molecule has 1 N–H and O–H groups in total. The van der Waals surface area contributed by atoms with Gasteiger partial charge in [0.05, 0.1) is 6.04 Å². The number of rotatable bonds is 4. The van der Waals surface area contributed by atoms with Crippen LogP contribution in [0.25, 0.3) is 0 Å². The van der Waals surface area contributed by atoms with Crippen molar-refractivity contribution < 1.29 is 4.79 Å². The van der Waals surface area contributed by atoms with Crippen molar-refractivity contribution in [2.24, 2.45) is 0 Å². The van der Waals surface area contributed by atoms with Crippen LogP contribution in [0.1, 0.15) is 18.9 Å². The van der Waals surface area contributed by atoms with Crippen LogP contribution >= 0.6 is 0 Å². The van der Waals surface area contributed by atoms with Gasteiger partial charge in [-0.25, -0.2) is 0 Å². The van der Waals surface area contributed by atoms with Crippen LogP contribution < -0.4 is 5.32 Å². The quantitative estimate of drug-likeness (QED) is 0.739. The Morgan fingerprint density at radius 1 is 1.47 bits per heavy atom. The fourth-order valence-corrected chi connectivity index (χ4v) is 1.30. The predicted molar refractivity (Wildman–Crippen MR) is 61.2 cm³/mol. The van der Waals surface area contributed by atoms with E-state index in [1.807, 2.05) is 37.3 Å². The summed E-state index contributed by atoms with van der Waals surface area (Å²) >= 11 is 0. The number of carbonyl (C=O) groups is 1. The van der Waals surface area contributed by atoms with Crippen molar-refractivity contribution in [3.05, 3.63) is 35.9 Å². The average Bonchev–Trinajstić information content (AvgIpc) is 2.29. The smallest absolute Gasteiger partial charge is 0.220 e. The first kappa shape index (κ1) is 11.3. The minimum absolute atomic E-state index is 0.00567. The highest BCUT2D eigenvalue weighted by Gasteiger charge is 2.08. The van der Waals surface area contributed by atoms with Crippen molar-refractivity contribution in [1.29, 1.82) is 0 Å². The summed E-state index contributed by atoms with van der Waals surface area (Å²) in [7, 11) is 0. The zero-order valence-electron chi connectivity index (χ0n) is 8.86. The molecule has 0 saturated heterocycles. The molecule has 15 heavy (non-hydrogen) atoms. The minimum atomic E-state index is -0.208. The van der Waals surface area contributed by atoms with Crippen molar-refractivity contribution in [2.75, 3.05) is 0 Å². The fourth-order valence-electron chi connectivity index (χ4n) is 1.30. The lowest BCUT2D eigenvalue weighted by Crippen LogP contribution is -2.34. The average molecular weight is 201 g/mol. The second-order valence-corrected chi connectivity index (χ2v) is 3.33. The van der Waals surface area contributed by atoms with Crippen LogP contribution in [-0.4, -0.2) is 11.9 Å². The van der Waals surface area contributed by atoms with Gasteiger partial charge in [-0.2, -0.15) is 0 Å². The Hall–Kier alpha value is -1.75. The number of hydrogen-bond donors (Lipinski definition) is 1. The molecule has 78 valence electrons. The standard InChI is InChI=1S/C13H15NO/c1-3-12(14-13(15)4-2)10-11-8-6-5-7-9-11/h1,5-9,12H,4,10H2,2H3,(H,14,15)/t12-/m1/s1. The Balaban J connectivity index is 2.55. The first-order valence-electron chi connectivity index (χ1n) is 5.05. The molecule has 0 aliphatic heterocycles. The van der Waals surface area contributed by atoms with Crippen LogP contribution in [0.15, 0.2) is 30.3 Å². The van der Waals surface area contributed by atoms with Gasteiger partial charge in [-0.05, 0) is 5.56 Å². The molecule has 1 aromatic carbocycles. The van der Waals surface area contributed by atoms with Crippen molar-refractivity contribution >= 4 is 5.91 Å². The third-order valence-corrected chi connectivity index (χ3v) is 2.14. The van der Waals surface area contributed by atoms with Gasteiger partial charge in [0, 0.05) is 12.8 Å². The van der Waals surface area contributed by atoms with Crippen molar-refractivity contribution in [3.63, 3.8) is 0 Å². The summed E-state index contributed by atoms with van der Waals surface area (Å²) < 4.78 is 0. The van der Waals surface area contributed by atoms with Gasteiger partial charge in [-0.3, -0.25) is 4.79 Å². The molecule has 0 aliphatic carbocycles. The van der Waals surface area contributed by atoms with Gasteiger partial charge in [0.25, 0.3) is 0 Å². The van der Waals surface area contributed by atoms with Crippen LogP contribution in [0, 0.1) is 12.3 Å². The molecule has 0 fully saturated rings. The highest BCUT2D eigenvalue weighted by Crippen LogP contribution is 2.02. The molecule has 0 radical (unpaired) electrons. The second-order valence-electron chi connectivity index (χ2n) is 3.33. The zero-order valence-corrected chi connectivity index (χ0v) is 8.86. The molecule has 1 rings (SSSR count). The molecule has 0 bridgehead atoms. The summed E-state index contributed by atoms with van der Waals surface area (Å²) in [5.74, 6) is 2.58. The molecular weight excluding hydrogens is 186 g/mol. The Morgan fingerprint density at radius 2 is 2.13 bits per heavy atom. The van der Waals surface area contributed by atoms with Gasteiger partial charge >= 0.3 is 0 Å². The number of nitrogens with one attached hydrogen (secondary N) is 1. The highest BCUT2D eigenvalue weighted by molar-refractivity contribution is 5.76. The van der Waals surface area contributed by atoms with Crippen molar-refractivity contribution in [3.8, 4) is 12.3 Å². The number of amides is 1. The maximum absolute atomic E-state index is 11.2. The van der Waals surface area contributed by atoms with Crippen LogP contribution in [0.5, 0.6) is 0 Å². The molecular formula is C13H15NO. The Bertz CT molecular complexity index is 351. The van der Waals surface area contributed by atoms with E-state index in [9.17, 15) is 4.79 Å². The largest absolute Gasteiger partial charge is 0.342 e. The number of hydrogen-bond acceptors (Lipinski definition) is 1. The zero-order chi connectivity index (χ0) is 11.1. The number of terminal acetylenes is 1. The summed E-state index contributed by atoms with van der Waals surface area (Å²) in [6.45, 7) is 1.81. The maximum Gasteiger partial charge on any atom is 0.220 e. The van der Waals surface area contributed by atoms with E-state index in [2.05, 4.69) is 11.2 Å². The topological polar surface area (TPSA) is 29.1 Å². The Labute approximate surface area is 90.7 Å². The highest BCUT2D eigenvalue weighted by atomic mass is 16.1. The lowest BCUT2D eigenvalue weighted by Gasteiger charge is -2.12. The van der Waals surface area contributed by atoms with E-state index in [0.717, 1.165) is 5.56 Å². The van der Waals surface area contributed by atoms with E-state index >= 15 is 0 Å². The fraction of sp³-hybridized carbons (Fsp3) is 0.308. The van der Waals surface area contributed by atoms with Gasteiger partial charge in [-0.15, -0.1) is 6.42 Å². The summed E-state index contributed by atoms with van der Waals surface area (Å²) in [4.78, 5) is 11.2. The van der Waals surface area contributed by atoms with Gasteiger partial charge in [0.2, 0.25) is 5.91 Å². The first-order valence-corrected chi connectivity index (χ1v) is 5.05. The number of benzene rings is 1. The monoisotopic (exact) mass is 201 g/mol. The molecule has 0 heterocycles. The van der Waals surface area contributed by atoms with E-state index in [0.29, 0.717) is 12.8 Å². The van der Waals surface area contributed by atoms with Crippen LogP contribution in [-0.2, 0) is 11.2 Å².